The molecule has 0 bridgehead atoms. The van der Waals surface area contributed by atoms with E-state index in [0.29, 0.717) is 22.0 Å². The number of amides is 1. The van der Waals surface area contributed by atoms with Crippen LogP contribution in [-0.2, 0) is 0 Å². The summed E-state index contributed by atoms with van der Waals surface area (Å²) in [6.45, 7) is 1.92. The molecule has 4 aromatic rings. The first-order chi connectivity index (χ1) is 12.6. The van der Waals surface area contributed by atoms with Crippen molar-refractivity contribution in [2.45, 2.75) is 6.92 Å². The predicted octanol–water partition coefficient (Wildman–Crippen LogP) is 5.57. The lowest BCUT2D eigenvalue weighted by Gasteiger charge is -2.10. The molecule has 0 fully saturated rings. The number of pyridine rings is 1. The first kappa shape index (κ1) is 16.7. The summed E-state index contributed by atoms with van der Waals surface area (Å²) in [5.74, 6) is -0.238. The highest BCUT2D eigenvalue weighted by molar-refractivity contribution is 7.21. The molecule has 4 nitrogen and oxygen atoms in total. The van der Waals surface area contributed by atoms with Crippen molar-refractivity contribution in [3.8, 4) is 10.7 Å². The second-order valence-electron chi connectivity index (χ2n) is 5.80. The van der Waals surface area contributed by atoms with Crippen LogP contribution in [0.4, 0.5) is 5.69 Å². The van der Waals surface area contributed by atoms with Crippen LogP contribution < -0.4 is 5.32 Å². The number of halogens is 1. The topological polar surface area (TPSA) is 54.9 Å². The zero-order valence-corrected chi connectivity index (χ0v) is 15.4. The number of hydrogen-bond acceptors (Lipinski definition) is 4. The maximum absolute atomic E-state index is 12.9. The molecule has 26 heavy (non-hydrogen) atoms. The Balaban J connectivity index is 1.73. The van der Waals surface area contributed by atoms with Gasteiger partial charge in [-0.05, 0) is 48.9 Å². The number of benzene rings is 2. The summed E-state index contributed by atoms with van der Waals surface area (Å²) in [5, 5.41) is 4.22. The fourth-order valence-corrected chi connectivity index (χ4v) is 3.80. The maximum atomic E-state index is 12.9. The largest absolute Gasteiger partial charge is 0.322 e. The van der Waals surface area contributed by atoms with Crippen molar-refractivity contribution < 1.29 is 4.79 Å². The zero-order chi connectivity index (χ0) is 18.1. The van der Waals surface area contributed by atoms with Gasteiger partial charge in [-0.1, -0.05) is 29.8 Å². The van der Waals surface area contributed by atoms with Gasteiger partial charge in [0.1, 0.15) is 10.7 Å². The second-order valence-corrected chi connectivity index (χ2v) is 7.27. The number of aryl methyl sites for hydroxylation is 1. The molecule has 4 rings (SSSR count). The molecule has 0 atom stereocenters. The van der Waals surface area contributed by atoms with E-state index in [9.17, 15) is 4.79 Å². The number of anilines is 1. The van der Waals surface area contributed by atoms with Gasteiger partial charge in [0.2, 0.25) is 0 Å². The molecule has 0 aliphatic rings. The quantitative estimate of drug-likeness (QED) is 0.506. The van der Waals surface area contributed by atoms with E-state index in [0.717, 1.165) is 20.8 Å². The summed E-state index contributed by atoms with van der Waals surface area (Å²) in [6.07, 6.45) is 1.67. The van der Waals surface area contributed by atoms with Crippen molar-refractivity contribution >= 4 is 44.7 Å². The van der Waals surface area contributed by atoms with Crippen LogP contribution in [0, 0.1) is 6.92 Å². The number of para-hydroxylation sites is 1. The fourth-order valence-electron chi connectivity index (χ4n) is 2.65. The van der Waals surface area contributed by atoms with Crippen molar-refractivity contribution in [1.29, 1.82) is 0 Å². The summed E-state index contributed by atoms with van der Waals surface area (Å²) >= 11 is 7.57. The second kappa shape index (κ2) is 6.86. The van der Waals surface area contributed by atoms with E-state index in [1.807, 2.05) is 37.3 Å². The third-order valence-corrected chi connectivity index (χ3v) is 5.27. The smallest absolute Gasteiger partial charge is 0.257 e. The van der Waals surface area contributed by atoms with Gasteiger partial charge in [0.15, 0.2) is 0 Å². The third kappa shape index (κ3) is 3.19. The van der Waals surface area contributed by atoms with Crippen LogP contribution in [0.1, 0.15) is 15.9 Å². The Labute approximate surface area is 159 Å². The molecule has 2 aromatic carbocycles. The van der Waals surface area contributed by atoms with E-state index in [1.54, 1.807) is 30.5 Å². The number of rotatable bonds is 3. The van der Waals surface area contributed by atoms with Crippen LogP contribution in [0.15, 0.2) is 60.8 Å². The molecule has 0 saturated carbocycles. The lowest BCUT2D eigenvalue weighted by Crippen LogP contribution is -2.14. The van der Waals surface area contributed by atoms with E-state index in [-0.39, 0.29) is 5.91 Å². The molecule has 0 radical (unpaired) electrons. The Hall–Kier alpha value is -2.76. The van der Waals surface area contributed by atoms with E-state index >= 15 is 0 Å². The number of nitrogens with one attached hydrogen (secondary N) is 1. The minimum atomic E-state index is -0.238. The standard InChI is InChI=1S/C20H14ClN3OS/c1-12-8-9-13(21)11-16(12)23-19(25)14-5-4-10-22-18(14)20-24-15-6-2-3-7-17(15)26-20/h2-11H,1H3,(H,23,25). The zero-order valence-electron chi connectivity index (χ0n) is 13.9. The molecule has 128 valence electrons. The summed E-state index contributed by atoms with van der Waals surface area (Å²) < 4.78 is 1.06. The maximum Gasteiger partial charge on any atom is 0.257 e. The van der Waals surface area contributed by atoms with E-state index < -0.39 is 0 Å². The number of aromatic nitrogens is 2. The first-order valence-corrected chi connectivity index (χ1v) is 9.20. The van der Waals surface area contributed by atoms with E-state index in [1.165, 1.54) is 11.3 Å². The van der Waals surface area contributed by atoms with Gasteiger partial charge >= 0.3 is 0 Å². The van der Waals surface area contributed by atoms with Gasteiger partial charge in [-0.15, -0.1) is 11.3 Å². The lowest BCUT2D eigenvalue weighted by molar-refractivity contribution is 0.102. The van der Waals surface area contributed by atoms with Crippen LogP contribution in [0.2, 0.25) is 5.02 Å². The Morgan fingerprint density at radius 3 is 2.81 bits per heavy atom. The van der Waals surface area contributed by atoms with Gasteiger partial charge in [0, 0.05) is 16.9 Å². The highest BCUT2D eigenvalue weighted by Crippen LogP contribution is 2.31. The molecule has 2 heterocycles. The minimum Gasteiger partial charge on any atom is -0.322 e. The van der Waals surface area contributed by atoms with Gasteiger partial charge in [-0.25, -0.2) is 4.98 Å². The summed E-state index contributed by atoms with van der Waals surface area (Å²) in [4.78, 5) is 21.9. The molecule has 0 aliphatic carbocycles. The molecule has 6 heteroatoms. The van der Waals surface area contributed by atoms with Crippen LogP contribution in [0.3, 0.4) is 0 Å². The molecule has 0 saturated heterocycles. The van der Waals surface area contributed by atoms with Crippen molar-refractivity contribution in [1.82, 2.24) is 9.97 Å². The Bertz CT molecular complexity index is 1090. The molecule has 1 amide bonds. The Morgan fingerprint density at radius 1 is 1.12 bits per heavy atom. The number of fused-ring (bicyclic) bond motifs is 1. The number of carbonyl (C=O) groups excluding carboxylic acids is 1. The van der Waals surface area contributed by atoms with Gasteiger partial charge in [0.25, 0.3) is 5.91 Å². The number of carbonyl (C=O) groups is 1. The normalized spacial score (nSPS) is 10.8. The summed E-state index contributed by atoms with van der Waals surface area (Å²) in [6, 6.07) is 16.8. The van der Waals surface area contributed by atoms with Crippen molar-refractivity contribution in [2.75, 3.05) is 5.32 Å². The van der Waals surface area contributed by atoms with Gasteiger partial charge in [-0.2, -0.15) is 0 Å². The van der Waals surface area contributed by atoms with Crippen LogP contribution in [0.25, 0.3) is 20.9 Å². The van der Waals surface area contributed by atoms with E-state index in [4.69, 9.17) is 11.6 Å². The molecule has 0 unspecified atom stereocenters. The van der Waals surface area contributed by atoms with Gasteiger partial charge < -0.3 is 5.32 Å². The molecule has 1 N–H and O–H groups in total. The molecule has 2 aromatic heterocycles. The van der Waals surface area contributed by atoms with Crippen molar-refractivity contribution in [3.63, 3.8) is 0 Å². The van der Waals surface area contributed by atoms with Crippen LogP contribution in [-0.4, -0.2) is 15.9 Å². The van der Waals surface area contributed by atoms with Crippen LogP contribution in [0.5, 0.6) is 0 Å². The number of hydrogen-bond donors (Lipinski definition) is 1. The minimum absolute atomic E-state index is 0.238. The monoisotopic (exact) mass is 379 g/mol. The third-order valence-electron chi connectivity index (χ3n) is 4.00. The fraction of sp³-hybridized carbons (Fsp3) is 0.0500. The number of nitrogens with zero attached hydrogens (tertiary/aromatic N) is 2. The predicted molar refractivity (Wildman–Crippen MR) is 107 cm³/mol. The van der Waals surface area contributed by atoms with Crippen molar-refractivity contribution in [2.24, 2.45) is 0 Å². The molecular formula is C20H14ClN3OS. The SMILES string of the molecule is Cc1ccc(Cl)cc1NC(=O)c1cccnc1-c1nc2ccccc2s1. The van der Waals surface area contributed by atoms with E-state index in [2.05, 4.69) is 15.3 Å². The average molecular weight is 380 g/mol. The Morgan fingerprint density at radius 2 is 1.96 bits per heavy atom. The number of thiazole rings is 1. The molecule has 0 spiro atoms. The van der Waals surface area contributed by atoms with Crippen LogP contribution >= 0.6 is 22.9 Å². The highest BCUT2D eigenvalue weighted by atomic mass is 35.5. The summed E-state index contributed by atoms with van der Waals surface area (Å²) in [5.41, 5.74) is 3.57. The van der Waals surface area contributed by atoms with Crippen molar-refractivity contribution in [3.05, 3.63) is 76.9 Å². The first-order valence-electron chi connectivity index (χ1n) is 8.00. The van der Waals surface area contributed by atoms with Gasteiger partial charge in [-0.3, -0.25) is 9.78 Å². The summed E-state index contributed by atoms with van der Waals surface area (Å²) in [7, 11) is 0. The molecular weight excluding hydrogens is 366 g/mol. The average Bonchev–Trinajstić information content (AvgIpc) is 3.09. The Kier molecular flexibility index (Phi) is 4.41. The highest BCUT2D eigenvalue weighted by Gasteiger charge is 2.17. The lowest BCUT2D eigenvalue weighted by atomic mass is 10.1. The van der Waals surface area contributed by atoms with Gasteiger partial charge in [0.05, 0.1) is 15.8 Å². The molecule has 0 aliphatic heterocycles.